The average molecular weight is 1320 g/mol. The van der Waals surface area contributed by atoms with E-state index in [1.807, 2.05) is 0 Å². The molecule has 11 rings (SSSR count). The van der Waals surface area contributed by atoms with Crippen molar-refractivity contribution in [3.05, 3.63) is 117 Å². The minimum Gasteiger partial charge on any atom is -0.779 e. The summed E-state index contributed by atoms with van der Waals surface area (Å²) < 4.78 is 0. The number of hydrogen-bond acceptors (Lipinski definition) is 2. The third kappa shape index (κ3) is 18.4. The van der Waals surface area contributed by atoms with E-state index < -0.39 is 0 Å². The van der Waals surface area contributed by atoms with Gasteiger partial charge in [0.15, 0.2) is 0 Å². The minimum atomic E-state index is -0.0465. The Morgan fingerprint density at radius 2 is 0.500 bits per heavy atom. The van der Waals surface area contributed by atoms with Crippen molar-refractivity contribution in [1.29, 1.82) is 0 Å². The summed E-state index contributed by atoms with van der Waals surface area (Å²) in [5.74, 6) is 0. The Morgan fingerprint density at radius 3 is 0.698 bits per heavy atom. The fraction of sp³-hybridized carbons (Fsp3) is 0.625. The first-order valence-corrected chi connectivity index (χ1v) is 39.3. The Hall–Kier alpha value is -1.61. The zero-order valence-corrected chi connectivity index (χ0v) is 61.7. The van der Waals surface area contributed by atoms with Gasteiger partial charge in [0.2, 0.25) is 0 Å². The summed E-state index contributed by atoms with van der Waals surface area (Å²) in [7, 11) is -0.0930. The second-order valence-electron chi connectivity index (χ2n) is 30.4. The van der Waals surface area contributed by atoms with Gasteiger partial charge in [-0.25, -0.2) is 0 Å². The quantitative estimate of drug-likeness (QED) is 0.0776. The molecule has 0 heterocycles. The molecule has 5 aromatic rings. The van der Waals surface area contributed by atoms with Gasteiger partial charge in [0.05, 0.1) is 34.0 Å². The van der Waals surface area contributed by atoms with Crippen molar-refractivity contribution in [2.75, 3.05) is 0 Å². The molecule has 6 fully saturated rings. The average Bonchev–Trinajstić information content (AvgIpc) is 3.52. The van der Waals surface area contributed by atoms with Crippen LogP contribution >= 0.6 is 15.8 Å². The minimum absolute atomic E-state index is 0. The molecule has 6 aliphatic carbocycles. The first-order chi connectivity index (χ1) is 40.3. The first-order valence-electron chi connectivity index (χ1n) is 35.0. The number of hydrogen-bond donors (Lipinski definition) is 0. The Labute approximate surface area is 561 Å². The van der Waals surface area contributed by atoms with Crippen molar-refractivity contribution in [3.63, 3.8) is 0 Å². The molecule has 0 saturated heterocycles. The third-order valence-electron chi connectivity index (χ3n) is 21.8. The van der Waals surface area contributed by atoms with E-state index in [4.69, 9.17) is 25.3 Å². The predicted molar refractivity (Wildman–Crippen MR) is 383 cm³/mol. The van der Waals surface area contributed by atoms with Crippen LogP contribution in [-0.4, -0.2) is 34.0 Å². The van der Waals surface area contributed by atoms with E-state index in [0.717, 1.165) is 43.2 Å². The van der Waals surface area contributed by atoms with Crippen molar-refractivity contribution < 1.29 is 33.0 Å². The molecule has 5 aromatic carbocycles. The zero-order chi connectivity index (χ0) is 59.7. The summed E-state index contributed by atoms with van der Waals surface area (Å²) in [4.78, 5) is 1.81. The molecule has 86 heavy (non-hydrogen) atoms. The molecule has 0 unspecified atom stereocenters. The van der Waals surface area contributed by atoms with Crippen LogP contribution in [0.4, 0.5) is 0 Å². The van der Waals surface area contributed by atoms with E-state index in [0.29, 0.717) is 0 Å². The van der Waals surface area contributed by atoms with Gasteiger partial charge in [0.25, 0.3) is 0 Å². The van der Waals surface area contributed by atoms with Crippen LogP contribution in [0, 0.1) is 41.5 Å². The van der Waals surface area contributed by atoms with Gasteiger partial charge in [0.1, 0.15) is 0 Å². The van der Waals surface area contributed by atoms with Crippen LogP contribution < -0.4 is 0 Å². The molecule has 6 heteroatoms. The van der Waals surface area contributed by atoms with E-state index in [1.54, 1.807) is 193 Å². The maximum atomic E-state index is 6.28. The zero-order valence-electron chi connectivity index (χ0n) is 56.1. The van der Waals surface area contributed by atoms with E-state index >= 15 is 0 Å². The van der Waals surface area contributed by atoms with Crippen LogP contribution in [0.3, 0.4) is 0 Å². The molecule has 0 N–H and O–H groups in total. The topological polar surface area (TPSA) is 0 Å². The van der Waals surface area contributed by atoms with Crippen LogP contribution in [0.2, 0.25) is 0 Å². The van der Waals surface area contributed by atoms with Crippen molar-refractivity contribution in [2.45, 2.75) is 330 Å². The summed E-state index contributed by atoms with van der Waals surface area (Å²) in [6, 6.07) is 27.2. The van der Waals surface area contributed by atoms with Gasteiger partial charge in [-0.1, -0.05) is 164 Å². The molecule has 0 amide bonds. The second-order valence-corrected chi connectivity index (χ2v) is 38.2. The molecule has 0 atom stereocenters. The molecule has 0 aliphatic heterocycles. The van der Waals surface area contributed by atoms with Gasteiger partial charge in [-0.05, 0) is 284 Å². The summed E-state index contributed by atoms with van der Waals surface area (Å²) in [6.45, 7) is 26.8. The molecule has 478 valence electrons. The van der Waals surface area contributed by atoms with E-state index in [9.17, 15) is 0 Å². The van der Waals surface area contributed by atoms with Crippen LogP contribution in [-0.2, 0) is 69.1 Å². The SMILES string of the molecule is C1CCC([PH+](C2CCCCC2)C2CCCCC2)CC1.C1CCC([PH+](C2CCCCC2)C2CCCCC2)CC1.Cc1cc(C)c(-c2cc(C(C)(C)C)cc(-c3ccc(-c4cc(C(C)(C)C)cc(-c5c(C)cc(C)cc5C)c4[S-])cc3)c2[S-])c(C)c1.[Ni].[Ni]. The predicted octanol–water partition coefficient (Wildman–Crippen LogP) is 25.0. The normalized spacial score (nSPS) is 19.2. The van der Waals surface area contributed by atoms with E-state index in [-0.39, 0.29) is 59.7 Å². The second kappa shape index (κ2) is 33.3. The molecule has 6 saturated carbocycles. The molecule has 0 spiro atoms. The van der Waals surface area contributed by atoms with E-state index in [1.165, 1.54) is 89.6 Å². The van der Waals surface area contributed by atoms with Crippen molar-refractivity contribution in [1.82, 2.24) is 0 Å². The van der Waals surface area contributed by atoms with Crippen LogP contribution in [0.15, 0.2) is 82.6 Å². The number of benzene rings is 5. The maximum absolute atomic E-state index is 6.28. The molecule has 6 aliphatic rings. The van der Waals surface area contributed by atoms with Crippen LogP contribution in [0.25, 0.3) is 44.5 Å². The standard InChI is InChI=1S/C44H50S2.2C18H33P.2Ni/c1-25-17-27(3)39(28(4)18-25)37-23-33(43(7,8)9)21-35(41(37)45)31-13-15-32(16-14-31)36-22-34(44(10,11)12)24-38(42(36)46)40-29(5)19-26(2)20-30(40)6;2*1-4-10-16(11-5-1)19(17-12-6-2-7-13-17)18-14-8-3-9-15-18;;/h13-24,45-46H,1-12H3;2*16-18H,1-15H2;;. The third-order valence-corrected chi connectivity index (χ3v) is 31.8. The number of aryl methyl sites for hydroxylation is 6. The van der Waals surface area contributed by atoms with Crippen LogP contribution in [0.1, 0.15) is 279 Å². The fourth-order valence-corrected chi connectivity index (χ4v) is 28.7. The van der Waals surface area contributed by atoms with Crippen LogP contribution in [0.5, 0.6) is 0 Å². The Kier molecular flexibility index (Phi) is 27.8. The van der Waals surface area contributed by atoms with Gasteiger partial charge in [-0.15, -0.1) is 0 Å². The Balaban J connectivity index is 0.000000216. The summed E-state index contributed by atoms with van der Waals surface area (Å²) in [5, 5.41) is 0. The maximum Gasteiger partial charge on any atom is 0.0680 e. The smallest absolute Gasteiger partial charge is 0.0680 e. The monoisotopic (exact) mass is 1320 g/mol. The van der Waals surface area contributed by atoms with Crippen molar-refractivity contribution in [2.24, 2.45) is 0 Å². The van der Waals surface area contributed by atoms with Gasteiger partial charge in [-0.3, -0.25) is 0 Å². The largest absolute Gasteiger partial charge is 0.779 e. The summed E-state index contributed by atoms with van der Waals surface area (Å²) in [6.07, 6.45) is 47.6. The van der Waals surface area contributed by atoms with E-state index in [2.05, 4.69) is 156 Å². The molecular formula is C80H116Ni2P2S2. The van der Waals surface area contributed by atoms with Crippen molar-refractivity contribution >= 4 is 41.1 Å². The van der Waals surface area contributed by atoms with Gasteiger partial charge >= 0.3 is 0 Å². The number of rotatable bonds is 10. The molecule has 0 bridgehead atoms. The molecule has 0 nitrogen and oxygen atoms in total. The fourth-order valence-electron chi connectivity index (χ4n) is 17.6. The van der Waals surface area contributed by atoms with Gasteiger partial charge in [0, 0.05) is 48.8 Å². The first kappa shape index (κ1) is 71.8. The summed E-state index contributed by atoms with van der Waals surface area (Å²) >= 11 is 12.6. The molecule has 0 radical (unpaired) electrons. The van der Waals surface area contributed by atoms with Gasteiger partial charge in [-0.2, -0.15) is 9.79 Å². The molecular weight excluding hydrogens is 1200 g/mol. The Bertz CT molecular complexity index is 2580. The summed E-state index contributed by atoms with van der Waals surface area (Å²) in [5.41, 5.74) is 26.8. The molecule has 0 aromatic heterocycles. The van der Waals surface area contributed by atoms with Crippen molar-refractivity contribution in [3.8, 4) is 44.5 Å². The van der Waals surface area contributed by atoms with Gasteiger partial charge < -0.3 is 25.3 Å². The Morgan fingerprint density at radius 1 is 0.302 bits per heavy atom.